The summed E-state index contributed by atoms with van der Waals surface area (Å²) in [5.74, 6) is -6.17. The molecule has 17 nitrogen and oxygen atoms in total. The maximum atomic E-state index is 12.0. The number of rotatable bonds is 6. The smallest absolute Gasteiger partial charge is 0.318 e. The minimum atomic E-state index is -1.48. The molecule has 2 rings (SSSR count). The van der Waals surface area contributed by atoms with E-state index in [0.717, 1.165) is 0 Å². The van der Waals surface area contributed by atoms with Gasteiger partial charge in [-0.3, -0.25) is 28.9 Å². The Morgan fingerprint density at radius 1 is 0.875 bits per heavy atom. The van der Waals surface area contributed by atoms with Crippen molar-refractivity contribution in [1.82, 2.24) is 10.8 Å². The van der Waals surface area contributed by atoms with Crippen LogP contribution in [0, 0.1) is 0 Å². The summed E-state index contributed by atoms with van der Waals surface area (Å²) in [7, 11) is 0. The predicted molar refractivity (Wildman–Crippen MR) is 91.9 cm³/mol. The van der Waals surface area contributed by atoms with E-state index in [4.69, 9.17) is 17.2 Å². The summed E-state index contributed by atoms with van der Waals surface area (Å²) < 4.78 is 0. The molecule has 178 valence electrons. The zero-order chi connectivity index (χ0) is 23.8. The number of hydrogen-bond donors (Lipinski definition) is 3. The van der Waals surface area contributed by atoms with Crippen LogP contribution in [0.25, 0.3) is 0 Å². The molecule has 0 bridgehead atoms. The van der Waals surface area contributed by atoms with Gasteiger partial charge in [0.05, 0.1) is 0 Å². The highest BCUT2D eigenvalue weighted by Crippen LogP contribution is 2.12. The lowest BCUT2D eigenvalue weighted by Gasteiger charge is -2.23. The summed E-state index contributed by atoms with van der Waals surface area (Å²) in [6.07, 6.45) is -1.45. The van der Waals surface area contributed by atoms with Gasteiger partial charge in [0.2, 0.25) is 10.8 Å². The van der Waals surface area contributed by atoms with Crippen LogP contribution in [-0.4, -0.2) is 64.7 Å². The van der Waals surface area contributed by atoms with Crippen molar-refractivity contribution in [3.05, 3.63) is 0 Å². The molecular formula is C15H21N5O12. The zero-order valence-electron chi connectivity index (χ0n) is 16.5. The Labute approximate surface area is 179 Å². The summed E-state index contributed by atoms with van der Waals surface area (Å²) in [6.45, 7) is 0. The second-order valence-corrected chi connectivity index (χ2v) is 6.50. The molecule has 0 spiro atoms. The second-order valence-electron chi connectivity index (χ2n) is 6.50. The van der Waals surface area contributed by atoms with Gasteiger partial charge in [0.1, 0.15) is 18.1 Å². The van der Waals surface area contributed by atoms with Gasteiger partial charge in [0.25, 0.3) is 0 Å². The van der Waals surface area contributed by atoms with E-state index >= 15 is 0 Å². The molecule has 6 N–H and O–H groups in total. The molecule has 2 saturated heterocycles. The molecule has 2 aliphatic rings. The number of nitrogens with two attached hydrogens (primary N) is 3. The van der Waals surface area contributed by atoms with Crippen molar-refractivity contribution < 1.29 is 57.8 Å². The van der Waals surface area contributed by atoms with Gasteiger partial charge in [-0.15, -0.1) is 0 Å². The first-order chi connectivity index (χ1) is 15.0. The first kappa shape index (κ1) is 24.9. The summed E-state index contributed by atoms with van der Waals surface area (Å²) in [4.78, 5) is 97.1. The van der Waals surface area contributed by atoms with E-state index in [1.54, 1.807) is 0 Å². The largest absolute Gasteiger partial charge is 0.349 e. The van der Waals surface area contributed by atoms with Crippen LogP contribution in [0.15, 0.2) is 0 Å². The Morgan fingerprint density at radius 2 is 1.34 bits per heavy atom. The lowest BCUT2D eigenvalue weighted by atomic mass is 10.2. The first-order valence-corrected chi connectivity index (χ1v) is 9.20. The summed E-state index contributed by atoms with van der Waals surface area (Å²) in [5, 5.41) is -0.231. The molecule has 0 aliphatic carbocycles. The molecule has 17 heteroatoms. The molecule has 32 heavy (non-hydrogen) atoms. The van der Waals surface area contributed by atoms with Crippen LogP contribution >= 0.6 is 0 Å². The quantitative estimate of drug-likeness (QED) is 0.349. The minimum Gasteiger partial charge on any atom is -0.318 e. The van der Waals surface area contributed by atoms with Gasteiger partial charge in [-0.2, -0.15) is 0 Å². The Bertz CT molecular complexity index is 776. The van der Waals surface area contributed by atoms with Crippen LogP contribution in [0.5, 0.6) is 0 Å². The molecule has 3 unspecified atom stereocenters. The highest BCUT2D eigenvalue weighted by Gasteiger charge is 2.32. The van der Waals surface area contributed by atoms with Crippen LogP contribution in [-0.2, 0) is 57.8 Å². The highest BCUT2D eigenvalue weighted by atomic mass is 17.2. The maximum absolute atomic E-state index is 12.0. The standard InChI is InChI=1S/C15H21N5O12/c16-7-1-4-10(21)27-19(30-13(7)24)28-11(22)5-2-8(17)14(25)31-20-29-12(23)6-3-9(18)15(26)32-20/h7-9H,1-6,16-18H2. The third kappa shape index (κ3) is 7.71. The molecule has 0 saturated carbocycles. The fraction of sp³-hybridized carbons (Fsp3) is 0.600. The van der Waals surface area contributed by atoms with E-state index in [1.807, 2.05) is 0 Å². The average Bonchev–Trinajstić information content (AvgIpc) is 2.72. The van der Waals surface area contributed by atoms with Crippen molar-refractivity contribution in [2.45, 2.75) is 56.7 Å². The molecule has 0 radical (unpaired) electrons. The zero-order valence-corrected chi connectivity index (χ0v) is 16.5. The van der Waals surface area contributed by atoms with Crippen LogP contribution in [0.1, 0.15) is 38.5 Å². The van der Waals surface area contributed by atoms with Crippen molar-refractivity contribution in [3.63, 3.8) is 0 Å². The summed E-state index contributed by atoms with van der Waals surface area (Å²) >= 11 is 0. The van der Waals surface area contributed by atoms with E-state index in [9.17, 15) is 28.8 Å². The second kappa shape index (κ2) is 11.3. The number of hydrogen-bond acceptors (Lipinski definition) is 17. The number of carbonyl (C=O) groups excluding carboxylic acids is 6. The van der Waals surface area contributed by atoms with E-state index in [-0.39, 0.29) is 42.9 Å². The van der Waals surface area contributed by atoms with E-state index in [0.29, 0.717) is 0 Å². The monoisotopic (exact) mass is 463 g/mol. The van der Waals surface area contributed by atoms with Crippen molar-refractivity contribution in [3.8, 4) is 0 Å². The average molecular weight is 463 g/mol. The summed E-state index contributed by atoms with van der Waals surface area (Å²) in [6, 6.07) is -3.76. The van der Waals surface area contributed by atoms with Crippen LogP contribution in [0.3, 0.4) is 0 Å². The summed E-state index contributed by atoms with van der Waals surface area (Å²) in [5.41, 5.74) is 16.5. The van der Waals surface area contributed by atoms with Crippen LogP contribution < -0.4 is 17.2 Å². The van der Waals surface area contributed by atoms with Crippen molar-refractivity contribution in [1.29, 1.82) is 0 Å². The third-order valence-electron chi connectivity index (χ3n) is 3.91. The van der Waals surface area contributed by atoms with E-state index in [1.165, 1.54) is 0 Å². The number of nitrogens with zero attached hydrogens (tertiary/aromatic N) is 2. The Morgan fingerprint density at radius 3 is 1.84 bits per heavy atom. The van der Waals surface area contributed by atoms with Gasteiger partial charge in [0, 0.05) is 19.3 Å². The van der Waals surface area contributed by atoms with Crippen molar-refractivity contribution >= 4 is 35.8 Å². The van der Waals surface area contributed by atoms with Crippen LogP contribution in [0.4, 0.5) is 0 Å². The molecule has 2 aliphatic heterocycles. The lowest BCUT2D eigenvalue weighted by molar-refractivity contribution is -0.466. The van der Waals surface area contributed by atoms with Crippen molar-refractivity contribution in [2.75, 3.05) is 0 Å². The normalized spacial score (nSPS) is 24.3. The topological polar surface area (TPSA) is 242 Å². The van der Waals surface area contributed by atoms with Crippen molar-refractivity contribution in [2.24, 2.45) is 17.2 Å². The molecule has 0 aromatic carbocycles. The van der Waals surface area contributed by atoms with Gasteiger partial charge >= 0.3 is 35.8 Å². The molecule has 3 atom stereocenters. The van der Waals surface area contributed by atoms with Gasteiger partial charge in [-0.05, 0) is 19.3 Å². The molecule has 2 heterocycles. The highest BCUT2D eigenvalue weighted by molar-refractivity contribution is 5.79. The molecule has 0 aromatic rings. The van der Waals surface area contributed by atoms with Gasteiger partial charge in [0.15, 0.2) is 0 Å². The third-order valence-corrected chi connectivity index (χ3v) is 3.91. The first-order valence-electron chi connectivity index (χ1n) is 9.20. The minimum absolute atomic E-state index is 0.0238. The van der Waals surface area contributed by atoms with Gasteiger partial charge in [-0.25, -0.2) is 14.4 Å². The molecule has 0 aromatic heterocycles. The Kier molecular flexibility index (Phi) is 8.79. The number of carbonyl (C=O) groups is 6. The lowest BCUT2D eigenvalue weighted by Crippen LogP contribution is -2.45. The Balaban J connectivity index is 1.81. The predicted octanol–water partition coefficient (Wildman–Crippen LogP) is -3.31. The SMILES string of the molecule is NC1CCC(=O)ON(OC(=O)CCC(N)C(=O)ON2OC(=O)CCC(N)C(=O)O2)OC1=O. The molecular weight excluding hydrogens is 442 g/mol. The van der Waals surface area contributed by atoms with E-state index in [2.05, 4.69) is 29.0 Å². The Hall–Kier alpha value is -3.38. The van der Waals surface area contributed by atoms with Crippen LogP contribution in [0.2, 0.25) is 0 Å². The molecule has 2 fully saturated rings. The van der Waals surface area contributed by atoms with Gasteiger partial charge < -0.3 is 31.7 Å². The van der Waals surface area contributed by atoms with E-state index < -0.39 is 60.4 Å². The molecule has 0 amide bonds. The fourth-order valence-corrected chi connectivity index (χ4v) is 2.10. The van der Waals surface area contributed by atoms with Gasteiger partial charge in [-0.1, -0.05) is 0 Å². The maximum Gasteiger partial charge on any atom is 0.349 e. The fourth-order valence-electron chi connectivity index (χ4n) is 2.10.